The van der Waals surface area contributed by atoms with E-state index in [1.807, 2.05) is 30.5 Å². The van der Waals surface area contributed by atoms with Crippen LogP contribution in [0.3, 0.4) is 0 Å². The minimum atomic E-state index is -0.172. The Morgan fingerprint density at radius 3 is 2.29 bits per heavy atom. The molecule has 2 heterocycles. The van der Waals surface area contributed by atoms with Crippen LogP contribution in [-0.2, 0) is 6.54 Å². The fourth-order valence-electron chi connectivity index (χ4n) is 5.34. The monoisotopic (exact) mass is 555 g/mol. The Kier molecular flexibility index (Phi) is 12.0. The predicted octanol–water partition coefficient (Wildman–Crippen LogP) is 6.21. The summed E-state index contributed by atoms with van der Waals surface area (Å²) in [6.45, 7) is 14.6. The highest BCUT2D eigenvalue weighted by Crippen LogP contribution is 2.35. The van der Waals surface area contributed by atoms with Gasteiger partial charge < -0.3 is 19.5 Å². The Bertz CT molecular complexity index is 1260. The van der Waals surface area contributed by atoms with Crippen molar-refractivity contribution in [3.05, 3.63) is 102 Å². The molecule has 0 unspecified atom stereocenters. The number of aliphatic hydroxyl groups excluding tert-OH is 1. The molecule has 0 spiro atoms. The molecular formula is C35H45N3O3. The fraction of sp³-hybridized carbons (Fsp3) is 0.400. The molecule has 0 radical (unpaired) electrons. The summed E-state index contributed by atoms with van der Waals surface area (Å²) >= 11 is 0. The second-order valence-electron chi connectivity index (χ2n) is 10.7. The maximum Gasteiger partial charge on any atom is 0.122 e. The van der Waals surface area contributed by atoms with Crippen LogP contribution in [-0.4, -0.2) is 71.9 Å². The fourth-order valence-corrected chi connectivity index (χ4v) is 5.34. The molecule has 4 rings (SSSR count). The molecule has 2 aromatic carbocycles. The van der Waals surface area contributed by atoms with Crippen LogP contribution in [0.25, 0.3) is 11.1 Å². The number of rotatable bonds is 16. The summed E-state index contributed by atoms with van der Waals surface area (Å²) in [5.74, 6) is 1.84. The summed E-state index contributed by atoms with van der Waals surface area (Å²) in [5.41, 5.74) is 5.69. The van der Waals surface area contributed by atoms with Crippen molar-refractivity contribution in [1.82, 2.24) is 14.8 Å². The number of hydrogen-bond donors (Lipinski definition) is 1. The summed E-state index contributed by atoms with van der Waals surface area (Å²) < 4.78 is 12.5. The number of aliphatic hydroxyl groups is 1. The second kappa shape index (κ2) is 16.1. The summed E-state index contributed by atoms with van der Waals surface area (Å²) in [4.78, 5) is 9.17. The molecule has 0 aliphatic carbocycles. The van der Waals surface area contributed by atoms with Gasteiger partial charge in [0.05, 0.1) is 25.0 Å². The van der Waals surface area contributed by atoms with Gasteiger partial charge in [-0.25, -0.2) is 0 Å². The summed E-state index contributed by atoms with van der Waals surface area (Å²) in [6, 6.07) is 18.6. The molecule has 1 aliphatic rings. The average molecular weight is 556 g/mol. The third-order valence-electron chi connectivity index (χ3n) is 7.61. The average Bonchev–Trinajstić information content (AvgIpc) is 3.40. The lowest BCUT2D eigenvalue weighted by molar-refractivity contribution is 0.173. The van der Waals surface area contributed by atoms with Crippen molar-refractivity contribution in [3.63, 3.8) is 0 Å². The van der Waals surface area contributed by atoms with E-state index in [1.165, 1.54) is 11.1 Å². The molecular weight excluding hydrogens is 510 g/mol. The molecule has 41 heavy (non-hydrogen) atoms. The van der Waals surface area contributed by atoms with Gasteiger partial charge in [-0.15, -0.1) is 0 Å². The number of β-amino-alcohol motifs (C(OH)–C–C–N with tert-alkyl or cyclic N) is 1. The van der Waals surface area contributed by atoms with Gasteiger partial charge in [0.15, 0.2) is 0 Å². The van der Waals surface area contributed by atoms with Gasteiger partial charge in [0.25, 0.3) is 0 Å². The normalized spacial score (nSPS) is 15.6. The molecule has 1 aliphatic heterocycles. The van der Waals surface area contributed by atoms with E-state index in [4.69, 9.17) is 9.47 Å². The summed E-state index contributed by atoms with van der Waals surface area (Å²) in [7, 11) is 0. The molecule has 218 valence electrons. The van der Waals surface area contributed by atoms with Crippen molar-refractivity contribution in [3.8, 4) is 22.6 Å². The number of aromatic nitrogens is 1. The van der Waals surface area contributed by atoms with Gasteiger partial charge in [-0.3, -0.25) is 9.88 Å². The number of pyridine rings is 1. The van der Waals surface area contributed by atoms with Crippen LogP contribution in [0, 0.1) is 13.8 Å². The van der Waals surface area contributed by atoms with Gasteiger partial charge in [-0.1, -0.05) is 55.1 Å². The van der Waals surface area contributed by atoms with Crippen molar-refractivity contribution in [1.29, 1.82) is 0 Å². The SMILES string of the molecule is C=C/C=C/CN(CCCOc1cccc(-c2cccc(OCCCN3CC[C@@H](O)C3)c2C)c1C)Cc1ccccn1. The molecule has 0 amide bonds. The zero-order chi connectivity index (χ0) is 28.9. The molecule has 0 bridgehead atoms. The van der Waals surface area contributed by atoms with E-state index >= 15 is 0 Å². The van der Waals surface area contributed by atoms with Gasteiger partial charge in [-0.05, 0) is 79.6 Å². The highest BCUT2D eigenvalue weighted by Gasteiger charge is 2.19. The van der Waals surface area contributed by atoms with Gasteiger partial charge in [0.1, 0.15) is 11.5 Å². The minimum absolute atomic E-state index is 0.172. The molecule has 1 fully saturated rings. The molecule has 1 saturated heterocycles. The maximum absolute atomic E-state index is 9.73. The lowest BCUT2D eigenvalue weighted by Gasteiger charge is -2.21. The lowest BCUT2D eigenvalue weighted by Crippen LogP contribution is -2.26. The number of likely N-dealkylation sites (tertiary alicyclic amines) is 1. The van der Waals surface area contributed by atoms with Gasteiger partial charge in [-0.2, -0.15) is 0 Å². The van der Waals surface area contributed by atoms with Crippen LogP contribution in [0.15, 0.2) is 85.6 Å². The largest absolute Gasteiger partial charge is 0.493 e. The molecule has 6 nitrogen and oxygen atoms in total. The number of allylic oxidation sites excluding steroid dienone is 2. The first-order valence-corrected chi connectivity index (χ1v) is 14.8. The first-order valence-electron chi connectivity index (χ1n) is 14.8. The lowest BCUT2D eigenvalue weighted by atomic mass is 9.95. The molecule has 6 heteroatoms. The maximum atomic E-state index is 9.73. The Hall–Kier alpha value is -3.45. The van der Waals surface area contributed by atoms with Crippen molar-refractivity contribution < 1.29 is 14.6 Å². The standard InChI is InChI=1S/C35H45N3O3/c1-4-5-8-20-37(26-30-13-6-7-19-36-30)21-11-24-40-34-16-9-14-32(28(34)2)33-15-10-17-35(29(33)3)41-25-12-22-38-23-18-31(39)27-38/h4-10,13-17,19,31,39H,1,11-12,18,20-27H2,2-3H3/b8-5+/t31-/m1/s1. The molecule has 0 saturated carbocycles. The van der Waals surface area contributed by atoms with E-state index in [1.54, 1.807) is 0 Å². The van der Waals surface area contributed by atoms with E-state index < -0.39 is 0 Å². The van der Waals surface area contributed by atoms with Gasteiger partial charge >= 0.3 is 0 Å². The predicted molar refractivity (Wildman–Crippen MR) is 167 cm³/mol. The molecule has 1 atom stereocenters. The summed E-state index contributed by atoms with van der Waals surface area (Å²) in [5, 5.41) is 9.73. The van der Waals surface area contributed by atoms with Crippen molar-refractivity contribution in [2.45, 2.75) is 45.8 Å². The third kappa shape index (κ3) is 9.28. The summed E-state index contributed by atoms with van der Waals surface area (Å²) in [6.07, 6.45) is 10.3. The second-order valence-corrected chi connectivity index (χ2v) is 10.7. The van der Waals surface area contributed by atoms with Crippen molar-refractivity contribution >= 4 is 0 Å². The van der Waals surface area contributed by atoms with Crippen LogP contribution in [0.1, 0.15) is 36.1 Å². The zero-order valence-corrected chi connectivity index (χ0v) is 24.7. The topological polar surface area (TPSA) is 58.1 Å². The molecule has 1 aromatic heterocycles. The van der Waals surface area contributed by atoms with Crippen LogP contribution < -0.4 is 9.47 Å². The Labute approximate surface area is 245 Å². The van der Waals surface area contributed by atoms with Crippen LogP contribution in [0.4, 0.5) is 0 Å². The van der Waals surface area contributed by atoms with E-state index in [-0.39, 0.29) is 6.10 Å². The van der Waals surface area contributed by atoms with Gasteiger partial charge in [0, 0.05) is 45.5 Å². The van der Waals surface area contributed by atoms with Crippen LogP contribution >= 0.6 is 0 Å². The number of ether oxygens (including phenoxy) is 2. The number of hydrogen-bond acceptors (Lipinski definition) is 6. The zero-order valence-electron chi connectivity index (χ0n) is 24.7. The van der Waals surface area contributed by atoms with Gasteiger partial charge in [0.2, 0.25) is 0 Å². The first-order chi connectivity index (χ1) is 20.0. The minimum Gasteiger partial charge on any atom is -0.493 e. The van der Waals surface area contributed by atoms with Crippen molar-refractivity contribution in [2.24, 2.45) is 0 Å². The molecule has 1 N–H and O–H groups in total. The molecule has 3 aromatic rings. The highest BCUT2D eigenvalue weighted by molar-refractivity contribution is 5.74. The van der Waals surface area contributed by atoms with E-state index in [0.29, 0.717) is 13.2 Å². The Morgan fingerprint density at radius 1 is 0.976 bits per heavy atom. The Balaban J connectivity index is 1.32. The number of nitrogens with zero attached hydrogens (tertiary/aromatic N) is 3. The quantitative estimate of drug-likeness (QED) is 0.167. The van der Waals surface area contributed by atoms with Crippen molar-refractivity contribution in [2.75, 3.05) is 45.9 Å². The Morgan fingerprint density at radius 2 is 1.68 bits per heavy atom. The van der Waals surface area contributed by atoms with E-state index in [9.17, 15) is 5.11 Å². The van der Waals surface area contributed by atoms with Crippen LogP contribution in [0.2, 0.25) is 0 Å². The third-order valence-corrected chi connectivity index (χ3v) is 7.61. The highest BCUT2D eigenvalue weighted by atomic mass is 16.5. The van der Waals surface area contributed by atoms with E-state index in [2.05, 4.69) is 83.8 Å². The first kappa shape index (κ1) is 30.5. The number of benzene rings is 2. The smallest absolute Gasteiger partial charge is 0.122 e. The van der Waals surface area contributed by atoms with Crippen LogP contribution in [0.5, 0.6) is 11.5 Å². The van der Waals surface area contributed by atoms with E-state index in [0.717, 1.165) is 86.9 Å².